The lowest BCUT2D eigenvalue weighted by Crippen LogP contribution is -2.04. The third-order valence-electron chi connectivity index (χ3n) is 6.75. The number of hydrogen-bond donors (Lipinski definition) is 1. The highest BCUT2D eigenvalue weighted by atomic mass is 16.5. The normalized spacial score (nSPS) is 11.1. The van der Waals surface area contributed by atoms with Gasteiger partial charge in [-0.05, 0) is 30.5 Å². The van der Waals surface area contributed by atoms with Gasteiger partial charge in [0.25, 0.3) is 0 Å². The predicted octanol–water partition coefficient (Wildman–Crippen LogP) is 9.74. The van der Waals surface area contributed by atoms with Crippen LogP contribution < -0.4 is 15.2 Å². The maximum absolute atomic E-state index is 6.12. The van der Waals surface area contributed by atoms with Gasteiger partial charge in [-0.2, -0.15) is 0 Å². The van der Waals surface area contributed by atoms with Crippen LogP contribution in [0.25, 0.3) is 0 Å². The molecule has 3 heteroatoms. The van der Waals surface area contributed by atoms with E-state index in [1.807, 2.05) is 6.07 Å². The first-order chi connectivity index (χ1) is 16.8. The van der Waals surface area contributed by atoms with Crippen molar-refractivity contribution in [1.82, 2.24) is 0 Å². The Morgan fingerprint density at radius 2 is 0.882 bits per heavy atom. The number of hydrogen-bond acceptors (Lipinski definition) is 3. The van der Waals surface area contributed by atoms with Gasteiger partial charge in [0, 0.05) is 6.54 Å². The molecular weight excluding hydrogens is 418 g/mol. The van der Waals surface area contributed by atoms with Gasteiger partial charge in [-0.25, -0.2) is 0 Å². The molecule has 0 heterocycles. The molecule has 0 atom stereocenters. The summed E-state index contributed by atoms with van der Waals surface area (Å²) in [6.07, 6.45) is 26.8. The zero-order valence-electron chi connectivity index (χ0n) is 22.9. The lowest BCUT2D eigenvalue weighted by atomic mass is 10.1. The largest absolute Gasteiger partial charge is 0.490 e. The molecule has 3 nitrogen and oxygen atoms in total. The molecule has 0 aliphatic heterocycles. The summed E-state index contributed by atoms with van der Waals surface area (Å²) in [7, 11) is 0. The fourth-order valence-corrected chi connectivity index (χ4v) is 4.45. The summed E-state index contributed by atoms with van der Waals surface area (Å²) < 4.78 is 12.2. The lowest BCUT2D eigenvalue weighted by Gasteiger charge is -2.14. The SMILES string of the molecule is CCCCCCCCCCCCOc1ccc(CN)cc1OCCCCCCCCCCCC. The average molecular weight is 476 g/mol. The van der Waals surface area contributed by atoms with Gasteiger partial charge in [0.15, 0.2) is 11.5 Å². The molecule has 0 amide bonds. The van der Waals surface area contributed by atoms with Crippen molar-refractivity contribution in [3.8, 4) is 11.5 Å². The molecule has 1 rings (SSSR count). The van der Waals surface area contributed by atoms with Crippen LogP contribution in [0, 0.1) is 0 Å². The Labute approximate surface area is 212 Å². The minimum atomic E-state index is 0.535. The summed E-state index contributed by atoms with van der Waals surface area (Å²) in [4.78, 5) is 0. The number of unbranched alkanes of at least 4 members (excludes halogenated alkanes) is 18. The molecule has 2 N–H and O–H groups in total. The Kier molecular flexibility index (Phi) is 21.3. The van der Waals surface area contributed by atoms with Crippen molar-refractivity contribution in [3.05, 3.63) is 23.8 Å². The molecule has 0 radical (unpaired) electrons. The van der Waals surface area contributed by atoms with Crippen molar-refractivity contribution in [3.63, 3.8) is 0 Å². The Balaban J connectivity index is 2.14. The predicted molar refractivity (Wildman–Crippen MR) is 149 cm³/mol. The molecule has 0 saturated carbocycles. The van der Waals surface area contributed by atoms with E-state index in [0.717, 1.165) is 43.1 Å². The lowest BCUT2D eigenvalue weighted by molar-refractivity contribution is 0.258. The van der Waals surface area contributed by atoms with Gasteiger partial charge >= 0.3 is 0 Å². The highest BCUT2D eigenvalue weighted by Crippen LogP contribution is 2.29. The summed E-state index contributed by atoms with van der Waals surface area (Å²) in [5.74, 6) is 1.74. The second-order valence-corrected chi connectivity index (χ2v) is 10.0. The minimum Gasteiger partial charge on any atom is -0.490 e. The van der Waals surface area contributed by atoms with Crippen LogP contribution in [0.15, 0.2) is 18.2 Å². The molecule has 0 spiro atoms. The Morgan fingerprint density at radius 3 is 1.29 bits per heavy atom. The number of rotatable bonds is 25. The standard InChI is InChI=1S/C31H57NO2/c1-3-5-7-9-11-13-15-17-19-21-25-33-30-24-23-29(28-32)27-31(30)34-26-22-20-18-16-14-12-10-8-6-4-2/h23-24,27H,3-22,25-26,28,32H2,1-2H3. The van der Waals surface area contributed by atoms with Crippen LogP contribution in [0.4, 0.5) is 0 Å². The smallest absolute Gasteiger partial charge is 0.161 e. The summed E-state index contributed by atoms with van der Waals surface area (Å²) in [5.41, 5.74) is 6.95. The van der Waals surface area contributed by atoms with E-state index >= 15 is 0 Å². The summed E-state index contributed by atoms with van der Waals surface area (Å²) in [5, 5.41) is 0. The second kappa shape index (κ2) is 23.5. The third-order valence-corrected chi connectivity index (χ3v) is 6.75. The maximum Gasteiger partial charge on any atom is 0.161 e. The van der Waals surface area contributed by atoms with Crippen molar-refractivity contribution in [2.45, 2.75) is 149 Å². The van der Waals surface area contributed by atoms with Gasteiger partial charge in [-0.15, -0.1) is 0 Å². The minimum absolute atomic E-state index is 0.535. The highest BCUT2D eigenvalue weighted by Gasteiger charge is 2.07. The van der Waals surface area contributed by atoms with E-state index in [1.54, 1.807) is 0 Å². The third kappa shape index (κ3) is 17.2. The van der Waals surface area contributed by atoms with Gasteiger partial charge < -0.3 is 15.2 Å². The van der Waals surface area contributed by atoms with Crippen LogP contribution in [0.3, 0.4) is 0 Å². The van der Waals surface area contributed by atoms with E-state index in [1.165, 1.54) is 116 Å². The van der Waals surface area contributed by atoms with Gasteiger partial charge in [-0.1, -0.05) is 135 Å². The monoisotopic (exact) mass is 475 g/mol. The Morgan fingerprint density at radius 1 is 0.500 bits per heavy atom. The van der Waals surface area contributed by atoms with Crippen molar-refractivity contribution in [2.24, 2.45) is 5.73 Å². The van der Waals surface area contributed by atoms with Gasteiger partial charge in [-0.3, -0.25) is 0 Å². The summed E-state index contributed by atoms with van der Waals surface area (Å²) in [6, 6.07) is 6.15. The number of nitrogens with two attached hydrogens (primary N) is 1. The molecular formula is C31H57NO2. The zero-order chi connectivity index (χ0) is 24.5. The van der Waals surface area contributed by atoms with E-state index in [4.69, 9.17) is 15.2 Å². The quantitative estimate of drug-likeness (QED) is 0.143. The molecule has 0 aromatic heterocycles. The van der Waals surface area contributed by atoms with E-state index in [9.17, 15) is 0 Å². The first-order valence-electron chi connectivity index (χ1n) is 14.9. The van der Waals surface area contributed by atoms with Crippen molar-refractivity contribution in [2.75, 3.05) is 13.2 Å². The average Bonchev–Trinajstić information content (AvgIpc) is 2.86. The first-order valence-corrected chi connectivity index (χ1v) is 14.9. The molecule has 198 valence electrons. The van der Waals surface area contributed by atoms with E-state index in [0.29, 0.717) is 6.54 Å². The topological polar surface area (TPSA) is 44.5 Å². The number of benzene rings is 1. The molecule has 0 fully saturated rings. The molecule has 1 aromatic rings. The fraction of sp³-hybridized carbons (Fsp3) is 0.806. The van der Waals surface area contributed by atoms with Crippen LogP contribution >= 0.6 is 0 Å². The van der Waals surface area contributed by atoms with Crippen LogP contribution in [-0.4, -0.2) is 13.2 Å². The Bertz CT molecular complexity index is 560. The van der Waals surface area contributed by atoms with Crippen molar-refractivity contribution >= 4 is 0 Å². The van der Waals surface area contributed by atoms with Crippen molar-refractivity contribution < 1.29 is 9.47 Å². The van der Waals surface area contributed by atoms with Crippen LogP contribution in [-0.2, 0) is 6.54 Å². The fourth-order valence-electron chi connectivity index (χ4n) is 4.45. The molecule has 0 saturated heterocycles. The summed E-state index contributed by atoms with van der Waals surface area (Å²) >= 11 is 0. The van der Waals surface area contributed by atoms with Gasteiger partial charge in [0.1, 0.15) is 0 Å². The van der Waals surface area contributed by atoms with E-state index < -0.39 is 0 Å². The van der Waals surface area contributed by atoms with E-state index in [2.05, 4.69) is 26.0 Å². The molecule has 0 aliphatic rings. The van der Waals surface area contributed by atoms with Crippen LogP contribution in [0.5, 0.6) is 11.5 Å². The molecule has 0 unspecified atom stereocenters. The zero-order valence-corrected chi connectivity index (χ0v) is 22.9. The molecule has 0 bridgehead atoms. The highest BCUT2D eigenvalue weighted by molar-refractivity contribution is 5.43. The second-order valence-electron chi connectivity index (χ2n) is 10.0. The summed E-state index contributed by atoms with van der Waals surface area (Å²) in [6.45, 7) is 6.63. The van der Waals surface area contributed by atoms with E-state index in [-0.39, 0.29) is 0 Å². The molecule has 1 aromatic carbocycles. The first kappa shape index (κ1) is 30.8. The van der Waals surface area contributed by atoms with Crippen molar-refractivity contribution in [1.29, 1.82) is 0 Å². The van der Waals surface area contributed by atoms with Crippen LogP contribution in [0.1, 0.15) is 148 Å². The van der Waals surface area contributed by atoms with Crippen LogP contribution in [0.2, 0.25) is 0 Å². The molecule has 34 heavy (non-hydrogen) atoms. The Hall–Kier alpha value is -1.22. The number of ether oxygens (including phenoxy) is 2. The molecule has 0 aliphatic carbocycles. The van der Waals surface area contributed by atoms with Gasteiger partial charge in [0.2, 0.25) is 0 Å². The maximum atomic E-state index is 6.12. The van der Waals surface area contributed by atoms with Gasteiger partial charge in [0.05, 0.1) is 13.2 Å².